The fourth-order valence-corrected chi connectivity index (χ4v) is 3.57. The molecule has 2 rings (SSSR count). The van der Waals surface area contributed by atoms with Crippen molar-refractivity contribution >= 4 is 5.97 Å². The first-order valence-corrected chi connectivity index (χ1v) is 10.5. The van der Waals surface area contributed by atoms with E-state index in [9.17, 15) is 40.5 Å². The molecule has 2 aliphatic heterocycles. The van der Waals surface area contributed by atoms with Gasteiger partial charge in [0.1, 0.15) is 49.3 Å². The van der Waals surface area contributed by atoms with Gasteiger partial charge >= 0.3 is 5.97 Å². The van der Waals surface area contributed by atoms with E-state index in [1.54, 1.807) is 0 Å². The minimum Gasteiger partial charge on any atom is -0.460 e. The van der Waals surface area contributed by atoms with Crippen molar-refractivity contribution in [3.63, 3.8) is 0 Å². The van der Waals surface area contributed by atoms with Crippen molar-refractivity contribution in [2.75, 3.05) is 19.8 Å². The molecule has 182 valence electrons. The van der Waals surface area contributed by atoms with Gasteiger partial charge in [0.2, 0.25) is 5.79 Å². The Morgan fingerprint density at radius 2 is 1.58 bits per heavy atom. The molecule has 0 amide bonds. The molecule has 0 radical (unpaired) electrons. The van der Waals surface area contributed by atoms with E-state index in [-0.39, 0.29) is 6.42 Å². The summed E-state index contributed by atoms with van der Waals surface area (Å²) in [5, 5.41) is 69.5. The Morgan fingerprint density at radius 3 is 2.16 bits per heavy atom. The summed E-state index contributed by atoms with van der Waals surface area (Å²) in [7, 11) is 0. The number of rotatable bonds is 11. The van der Waals surface area contributed by atoms with Gasteiger partial charge in [-0.1, -0.05) is 26.2 Å². The summed E-state index contributed by atoms with van der Waals surface area (Å²) < 4.78 is 21.4. The highest BCUT2D eigenvalue weighted by molar-refractivity contribution is 5.69. The minimum atomic E-state index is -2.24. The lowest BCUT2D eigenvalue weighted by atomic mass is 9.99. The normalized spacial score (nSPS) is 40.8. The van der Waals surface area contributed by atoms with Gasteiger partial charge in [-0.15, -0.1) is 0 Å². The number of aliphatic hydroxyl groups is 7. The van der Waals surface area contributed by atoms with E-state index in [0.717, 1.165) is 19.3 Å². The Morgan fingerprint density at radius 1 is 0.903 bits per heavy atom. The maximum absolute atomic E-state index is 12.1. The van der Waals surface area contributed by atoms with Crippen LogP contribution >= 0.6 is 0 Å². The molecule has 12 nitrogen and oxygen atoms in total. The molecule has 12 heteroatoms. The van der Waals surface area contributed by atoms with Gasteiger partial charge in [-0.2, -0.15) is 0 Å². The van der Waals surface area contributed by atoms with Crippen molar-refractivity contribution in [3.8, 4) is 0 Å². The van der Waals surface area contributed by atoms with Crippen LogP contribution in [0.4, 0.5) is 0 Å². The molecule has 0 spiro atoms. The SMILES string of the molecule is CCCCCCC(=O)OC[C@@]1(O[C@H]2O[C@H](CO)[C@@H](O)[C@H](O)[C@H]2O)O[C@H](CO)[C@@H](O)[C@@H]1O. The summed E-state index contributed by atoms with van der Waals surface area (Å²) in [5.41, 5.74) is 0. The molecule has 2 fully saturated rings. The average Bonchev–Trinajstić information content (AvgIpc) is 3.00. The lowest BCUT2D eigenvalue weighted by Crippen LogP contribution is -2.62. The molecule has 0 aromatic rings. The zero-order valence-corrected chi connectivity index (χ0v) is 17.4. The summed E-state index contributed by atoms with van der Waals surface area (Å²) in [6, 6.07) is 0. The smallest absolute Gasteiger partial charge is 0.305 e. The number of carbonyl (C=O) groups excluding carboxylic acids is 1. The third kappa shape index (κ3) is 6.11. The predicted molar refractivity (Wildman–Crippen MR) is 101 cm³/mol. The Labute approximate surface area is 179 Å². The molecule has 0 bridgehead atoms. The Hall–Kier alpha value is -0.930. The number of hydrogen-bond donors (Lipinski definition) is 7. The summed E-state index contributed by atoms with van der Waals surface area (Å²) >= 11 is 0. The number of unbranched alkanes of at least 4 members (excludes halogenated alkanes) is 3. The van der Waals surface area contributed by atoms with E-state index in [1.807, 2.05) is 6.92 Å². The molecule has 0 aromatic carbocycles. The Kier molecular flexibility index (Phi) is 10.0. The van der Waals surface area contributed by atoms with Gasteiger partial charge in [-0.25, -0.2) is 0 Å². The third-order valence-electron chi connectivity index (χ3n) is 5.52. The second-order valence-electron chi connectivity index (χ2n) is 7.87. The van der Waals surface area contributed by atoms with Crippen LogP contribution in [0.3, 0.4) is 0 Å². The van der Waals surface area contributed by atoms with Gasteiger partial charge in [0.05, 0.1) is 13.2 Å². The molecule has 31 heavy (non-hydrogen) atoms. The number of ether oxygens (including phenoxy) is 4. The van der Waals surface area contributed by atoms with E-state index in [0.29, 0.717) is 6.42 Å². The van der Waals surface area contributed by atoms with Crippen LogP contribution in [0.1, 0.15) is 39.0 Å². The lowest BCUT2D eigenvalue weighted by Gasteiger charge is -2.43. The molecule has 0 aromatic heterocycles. The first-order valence-electron chi connectivity index (χ1n) is 10.5. The first-order chi connectivity index (χ1) is 14.7. The van der Waals surface area contributed by atoms with Crippen molar-refractivity contribution in [2.45, 2.75) is 93.8 Å². The van der Waals surface area contributed by atoms with E-state index in [4.69, 9.17) is 18.9 Å². The second-order valence-corrected chi connectivity index (χ2v) is 7.87. The Bertz CT molecular complexity index is 560. The monoisotopic (exact) mass is 454 g/mol. The van der Waals surface area contributed by atoms with Crippen molar-refractivity contribution in [2.24, 2.45) is 0 Å². The van der Waals surface area contributed by atoms with Crippen LogP contribution in [0.2, 0.25) is 0 Å². The maximum Gasteiger partial charge on any atom is 0.305 e. The average molecular weight is 454 g/mol. The van der Waals surface area contributed by atoms with Gasteiger partial charge in [0.25, 0.3) is 0 Å². The molecule has 2 aliphatic rings. The van der Waals surface area contributed by atoms with E-state index in [2.05, 4.69) is 0 Å². The quantitative estimate of drug-likeness (QED) is 0.125. The van der Waals surface area contributed by atoms with Crippen LogP contribution < -0.4 is 0 Å². The molecular formula is C19H34O12. The number of esters is 1. The molecule has 0 aliphatic carbocycles. The van der Waals surface area contributed by atoms with Gasteiger partial charge in [-0.05, 0) is 6.42 Å². The Balaban J connectivity index is 2.13. The lowest BCUT2D eigenvalue weighted by molar-refractivity contribution is -0.383. The van der Waals surface area contributed by atoms with Crippen molar-refractivity contribution < 1.29 is 59.5 Å². The van der Waals surface area contributed by atoms with E-state index < -0.39 is 80.6 Å². The standard InChI is InChI=1S/C19H34O12/c1-2-3-4-5-6-12(22)28-9-19(17(27)14(24)11(8-21)30-19)31-18-16(26)15(25)13(23)10(7-20)29-18/h10-11,13-18,20-21,23-27H,2-9H2,1H3/t10-,11-,13-,14-,15+,16-,17+,18-,19+/m1/s1. The van der Waals surface area contributed by atoms with Crippen LogP contribution in [0.15, 0.2) is 0 Å². The van der Waals surface area contributed by atoms with Crippen LogP contribution in [0.25, 0.3) is 0 Å². The topological polar surface area (TPSA) is 196 Å². The van der Waals surface area contributed by atoms with Gasteiger partial charge in [-0.3, -0.25) is 4.79 Å². The molecular weight excluding hydrogens is 420 g/mol. The number of carbonyl (C=O) groups is 1. The van der Waals surface area contributed by atoms with E-state index in [1.165, 1.54) is 0 Å². The van der Waals surface area contributed by atoms with Crippen LogP contribution in [-0.2, 0) is 23.7 Å². The zero-order valence-electron chi connectivity index (χ0n) is 17.4. The zero-order chi connectivity index (χ0) is 23.2. The highest BCUT2D eigenvalue weighted by atomic mass is 16.8. The fourth-order valence-electron chi connectivity index (χ4n) is 3.57. The molecule has 9 atom stereocenters. The second kappa shape index (κ2) is 11.8. The molecule has 2 saturated heterocycles. The van der Waals surface area contributed by atoms with Gasteiger partial charge < -0.3 is 54.7 Å². The van der Waals surface area contributed by atoms with E-state index >= 15 is 0 Å². The number of hydrogen-bond acceptors (Lipinski definition) is 12. The van der Waals surface area contributed by atoms with Gasteiger partial charge in [0, 0.05) is 6.42 Å². The highest BCUT2D eigenvalue weighted by Gasteiger charge is 2.59. The van der Waals surface area contributed by atoms with Crippen molar-refractivity contribution in [1.29, 1.82) is 0 Å². The molecule has 0 unspecified atom stereocenters. The molecule has 0 saturated carbocycles. The summed E-state index contributed by atoms with van der Waals surface area (Å²) in [6.45, 7) is -0.0810. The highest BCUT2D eigenvalue weighted by Crippen LogP contribution is 2.36. The predicted octanol–water partition coefficient (Wildman–Crippen LogP) is -2.87. The molecule has 2 heterocycles. The third-order valence-corrected chi connectivity index (χ3v) is 5.52. The van der Waals surface area contributed by atoms with Crippen LogP contribution in [-0.4, -0.2) is 116 Å². The fraction of sp³-hybridized carbons (Fsp3) is 0.947. The first kappa shape index (κ1) is 26.3. The van der Waals surface area contributed by atoms with Crippen LogP contribution in [0, 0.1) is 0 Å². The number of aliphatic hydroxyl groups excluding tert-OH is 7. The van der Waals surface area contributed by atoms with Crippen LogP contribution in [0.5, 0.6) is 0 Å². The summed E-state index contributed by atoms with van der Waals surface area (Å²) in [5.74, 6) is -2.84. The summed E-state index contributed by atoms with van der Waals surface area (Å²) in [4.78, 5) is 12.1. The summed E-state index contributed by atoms with van der Waals surface area (Å²) in [6.07, 6.45) is -9.45. The molecule has 7 N–H and O–H groups in total. The van der Waals surface area contributed by atoms with Gasteiger partial charge in [0.15, 0.2) is 6.29 Å². The largest absolute Gasteiger partial charge is 0.460 e. The van der Waals surface area contributed by atoms with Crippen molar-refractivity contribution in [3.05, 3.63) is 0 Å². The van der Waals surface area contributed by atoms with Crippen molar-refractivity contribution in [1.82, 2.24) is 0 Å². The maximum atomic E-state index is 12.1. The minimum absolute atomic E-state index is 0.109.